The summed E-state index contributed by atoms with van der Waals surface area (Å²) in [6, 6.07) is 13.8. The first-order valence-electron chi connectivity index (χ1n) is 9.99. The zero-order chi connectivity index (χ0) is 20.4. The Balaban J connectivity index is 2.15. The SMILES string of the molecule is CCCCN(CC(=O)N(Cc1ccccc1)Cc1cccn1C)C(=O)NCC. The van der Waals surface area contributed by atoms with Crippen molar-refractivity contribution in [3.63, 3.8) is 0 Å². The van der Waals surface area contributed by atoms with E-state index in [0.29, 0.717) is 26.2 Å². The minimum atomic E-state index is -0.178. The van der Waals surface area contributed by atoms with Crippen LogP contribution in [0.15, 0.2) is 48.7 Å². The van der Waals surface area contributed by atoms with Crippen molar-refractivity contribution < 1.29 is 9.59 Å². The van der Waals surface area contributed by atoms with Gasteiger partial charge in [0.1, 0.15) is 6.54 Å². The Morgan fingerprint density at radius 2 is 1.75 bits per heavy atom. The van der Waals surface area contributed by atoms with Gasteiger partial charge in [0.2, 0.25) is 5.91 Å². The van der Waals surface area contributed by atoms with Crippen LogP contribution in [0.25, 0.3) is 0 Å². The molecule has 0 fully saturated rings. The van der Waals surface area contributed by atoms with E-state index in [4.69, 9.17) is 0 Å². The maximum atomic E-state index is 13.2. The smallest absolute Gasteiger partial charge is 0.317 e. The molecule has 0 spiro atoms. The highest BCUT2D eigenvalue weighted by Crippen LogP contribution is 2.12. The molecular formula is C22H32N4O2. The van der Waals surface area contributed by atoms with Crippen molar-refractivity contribution >= 4 is 11.9 Å². The van der Waals surface area contributed by atoms with Crippen molar-refractivity contribution in [1.82, 2.24) is 19.7 Å². The van der Waals surface area contributed by atoms with E-state index in [9.17, 15) is 9.59 Å². The number of nitrogens with zero attached hydrogens (tertiary/aromatic N) is 3. The van der Waals surface area contributed by atoms with Gasteiger partial charge in [0, 0.05) is 38.6 Å². The number of carbonyl (C=O) groups is 2. The van der Waals surface area contributed by atoms with Crippen LogP contribution in [0.3, 0.4) is 0 Å². The molecular weight excluding hydrogens is 352 g/mol. The summed E-state index contributed by atoms with van der Waals surface area (Å²) in [5.41, 5.74) is 2.13. The molecule has 0 aliphatic rings. The van der Waals surface area contributed by atoms with Gasteiger partial charge >= 0.3 is 6.03 Å². The molecule has 0 aliphatic carbocycles. The van der Waals surface area contributed by atoms with Crippen LogP contribution < -0.4 is 5.32 Å². The number of benzene rings is 1. The molecule has 1 N–H and O–H groups in total. The quantitative estimate of drug-likeness (QED) is 0.683. The van der Waals surface area contributed by atoms with Crippen LogP contribution >= 0.6 is 0 Å². The minimum absolute atomic E-state index is 0.0487. The Hall–Kier alpha value is -2.76. The van der Waals surface area contributed by atoms with E-state index in [1.165, 1.54) is 0 Å². The first-order valence-corrected chi connectivity index (χ1v) is 9.99. The van der Waals surface area contributed by atoms with Crippen LogP contribution in [0.5, 0.6) is 0 Å². The molecule has 1 aromatic carbocycles. The van der Waals surface area contributed by atoms with Crippen molar-refractivity contribution in [3.8, 4) is 0 Å². The molecule has 6 heteroatoms. The number of unbranched alkanes of at least 4 members (excludes halogenated alkanes) is 1. The molecule has 2 rings (SSSR count). The van der Waals surface area contributed by atoms with Gasteiger partial charge in [0.25, 0.3) is 0 Å². The number of carbonyl (C=O) groups excluding carboxylic acids is 2. The molecule has 152 valence electrons. The van der Waals surface area contributed by atoms with Crippen molar-refractivity contribution in [3.05, 3.63) is 59.9 Å². The van der Waals surface area contributed by atoms with Gasteiger partial charge in [-0.25, -0.2) is 4.79 Å². The van der Waals surface area contributed by atoms with Gasteiger partial charge < -0.3 is 19.7 Å². The van der Waals surface area contributed by atoms with Gasteiger partial charge in [0.05, 0.1) is 6.54 Å². The largest absolute Gasteiger partial charge is 0.353 e. The summed E-state index contributed by atoms with van der Waals surface area (Å²) in [6.07, 6.45) is 3.82. The number of rotatable bonds is 10. The Morgan fingerprint density at radius 1 is 1.00 bits per heavy atom. The molecule has 1 aromatic heterocycles. The predicted molar refractivity (Wildman–Crippen MR) is 112 cm³/mol. The molecule has 3 amide bonds. The lowest BCUT2D eigenvalue weighted by atomic mass is 10.2. The highest BCUT2D eigenvalue weighted by Gasteiger charge is 2.21. The Labute approximate surface area is 168 Å². The summed E-state index contributed by atoms with van der Waals surface area (Å²) in [5, 5.41) is 2.82. The molecule has 0 atom stereocenters. The second kappa shape index (κ2) is 11.2. The average Bonchev–Trinajstić information content (AvgIpc) is 3.10. The lowest BCUT2D eigenvalue weighted by Gasteiger charge is -2.28. The predicted octanol–water partition coefficient (Wildman–Crippen LogP) is 3.39. The fourth-order valence-corrected chi connectivity index (χ4v) is 3.02. The lowest BCUT2D eigenvalue weighted by molar-refractivity contribution is -0.133. The molecule has 0 bridgehead atoms. The molecule has 28 heavy (non-hydrogen) atoms. The Kier molecular flexibility index (Phi) is 8.59. The van der Waals surface area contributed by atoms with Crippen molar-refractivity contribution in [2.24, 2.45) is 7.05 Å². The summed E-state index contributed by atoms with van der Waals surface area (Å²) >= 11 is 0. The highest BCUT2D eigenvalue weighted by atomic mass is 16.2. The average molecular weight is 385 g/mol. The molecule has 0 unspecified atom stereocenters. The third kappa shape index (κ3) is 6.44. The zero-order valence-corrected chi connectivity index (χ0v) is 17.2. The number of aryl methyl sites for hydroxylation is 1. The molecule has 1 heterocycles. The topological polar surface area (TPSA) is 57.6 Å². The van der Waals surface area contributed by atoms with E-state index in [1.807, 2.05) is 72.1 Å². The number of aromatic nitrogens is 1. The van der Waals surface area contributed by atoms with Gasteiger partial charge in [-0.3, -0.25) is 4.79 Å². The summed E-state index contributed by atoms with van der Waals surface area (Å²) in [7, 11) is 1.97. The molecule has 2 aromatic rings. The molecule has 6 nitrogen and oxygen atoms in total. The van der Waals surface area contributed by atoms with E-state index in [0.717, 1.165) is 24.1 Å². The van der Waals surface area contributed by atoms with E-state index in [2.05, 4.69) is 12.2 Å². The normalized spacial score (nSPS) is 10.5. The van der Waals surface area contributed by atoms with Crippen LogP contribution in [0.2, 0.25) is 0 Å². The number of hydrogen-bond donors (Lipinski definition) is 1. The maximum absolute atomic E-state index is 13.2. The third-order valence-corrected chi connectivity index (χ3v) is 4.70. The minimum Gasteiger partial charge on any atom is -0.353 e. The first-order chi connectivity index (χ1) is 13.5. The molecule has 0 saturated heterocycles. The number of hydrogen-bond acceptors (Lipinski definition) is 2. The van der Waals surface area contributed by atoms with Gasteiger partial charge in [0.15, 0.2) is 0 Å². The lowest BCUT2D eigenvalue weighted by Crippen LogP contribution is -2.46. The van der Waals surface area contributed by atoms with Crippen LogP contribution in [0.4, 0.5) is 4.79 Å². The number of nitrogens with one attached hydrogen (secondary N) is 1. The van der Waals surface area contributed by atoms with E-state index in [1.54, 1.807) is 4.90 Å². The second-order valence-electron chi connectivity index (χ2n) is 6.96. The molecule has 0 saturated carbocycles. The van der Waals surface area contributed by atoms with Crippen LogP contribution in [0, 0.1) is 0 Å². The standard InChI is InChI=1S/C22H32N4O2/c1-4-6-15-25(22(28)23-5-2)18-21(27)26(16-19-11-8-7-9-12-19)17-20-13-10-14-24(20)3/h7-14H,4-6,15-18H2,1-3H3,(H,23,28). The molecule has 0 radical (unpaired) electrons. The van der Waals surface area contributed by atoms with Crippen molar-refractivity contribution in [2.75, 3.05) is 19.6 Å². The molecule has 0 aliphatic heterocycles. The zero-order valence-electron chi connectivity index (χ0n) is 17.2. The van der Waals surface area contributed by atoms with Gasteiger partial charge in [-0.2, -0.15) is 0 Å². The third-order valence-electron chi connectivity index (χ3n) is 4.70. The Morgan fingerprint density at radius 3 is 2.36 bits per heavy atom. The monoisotopic (exact) mass is 384 g/mol. The fourth-order valence-electron chi connectivity index (χ4n) is 3.02. The fraction of sp³-hybridized carbons (Fsp3) is 0.455. The van der Waals surface area contributed by atoms with Crippen molar-refractivity contribution in [1.29, 1.82) is 0 Å². The second-order valence-corrected chi connectivity index (χ2v) is 6.96. The summed E-state index contributed by atoms with van der Waals surface area (Å²) < 4.78 is 2.02. The first kappa shape index (κ1) is 21.5. The van der Waals surface area contributed by atoms with E-state index in [-0.39, 0.29) is 18.5 Å². The number of urea groups is 1. The number of amides is 3. The van der Waals surface area contributed by atoms with Gasteiger partial charge in [-0.1, -0.05) is 43.7 Å². The summed E-state index contributed by atoms with van der Waals surface area (Å²) in [5.74, 6) is -0.0487. The van der Waals surface area contributed by atoms with Crippen LogP contribution in [-0.2, 0) is 24.9 Å². The Bertz CT molecular complexity index is 742. The summed E-state index contributed by atoms with van der Waals surface area (Å²) in [4.78, 5) is 29.0. The van der Waals surface area contributed by atoms with Gasteiger partial charge in [-0.05, 0) is 31.0 Å². The van der Waals surface area contributed by atoms with Gasteiger partial charge in [-0.15, -0.1) is 0 Å². The van der Waals surface area contributed by atoms with E-state index >= 15 is 0 Å². The van der Waals surface area contributed by atoms with E-state index < -0.39 is 0 Å². The van der Waals surface area contributed by atoms with Crippen LogP contribution in [-0.4, -0.2) is 45.9 Å². The van der Waals surface area contributed by atoms with Crippen LogP contribution in [0.1, 0.15) is 37.9 Å². The van der Waals surface area contributed by atoms with Crippen molar-refractivity contribution in [2.45, 2.75) is 39.8 Å². The highest BCUT2D eigenvalue weighted by molar-refractivity contribution is 5.84. The maximum Gasteiger partial charge on any atom is 0.317 e. The summed E-state index contributed by atoms with van der Waals surface area (Å²) in [6.45, 7) is 6.20.